The zero-order valence-corrected chi connectivity index (χ0v) is 16.1. The van der Waals surface area contributed by atoms with Crippen LogP contribution in [0.15, 0.2) is 28.8 Å². The number of likely N-dealkylation sites (tertiary alicyclic amines) is 1. The predicted molar refractivity (Wildman–Crippen MR) is 99.7 cm³/mol. The second kappa shape index (κ2) is 7.99. The van der Waals surface area contributed by atoms with Crippen molar-refractivity contribution >= 4 is 5.91 Å². The number of nitrogens with zero attached hydrogens (tertiary/aromatic N) is 4. The fourth-order valence-electron chi connectivity index (χ4n) is 3.62. The van der Waals surface area contributed by atoms with Gasteiger partial charge in [-0.15, -0.1) is 0 Å². The Kier molecular flexibility index (Phi) is 5.71. The molecule has 1 saturated heterocycles. The van der Waals surface area contributed by atoms with E-state index in [4.69, 9.17) is 4.52 Å². The average molecular weight is 356 g/mol. The van der Waals surface area contributed by atoms with Crippen molar-refractivity contribution in [2.75, 3.05) is 27.2 Å². The SMILES string of the molecule is Cc1ccc([C@H](C(=O)N2CCC(Cc3noc(C)n3)CC2)N(C)C)cc1. The highest BCUT2D eigenvalue weighted by molar-refractivity contribution is 5.83. The Morgan fingerprint density at radius 1 is 1.23 bits per heavy atom. The summed E-state index contributed by atoms with van der Waals surface area (Å²) in [7, 11) is 3.93. The zero-order chi connectivity index (χ0) is 18.7. The van der Waals surface area contributed by atoms with Crippen molar-refractivity contribution in [1.82, 2.24) is 19.9 Å². The van der Waals surface area contributed by atoms with Crippen LogP contribution in [0.1, 0.15) is 41.7 Å². The zero-order valence-electron chi connectivity index (χ0n) is 16.1. The van der Waals surface area contributed by atoms with Crippen LogP contribution in [0.2, 0.25) is 0 Å². The van der Waals surface area contributed by atoms with Gasteiger partial charge in [0.05, 0.1) is 0 Å². The number of carbonyl (C=O) groups excluding carboxylic acids is 1. The van der Waals surface area contributed by atoms with Gasteiger partial charge < -0.3 is 9.42 Å². The summed E-state index contributed by atoms with van der Waals surface area (Å²) in [5, 5.41) is 3.99. The molecule has 1 aliphatic heterocycles. The summed E-state index contributed by atoms with van der Waals surface area (Å²) in [5.74, 6) is 2.08. The lowest BCUT2D eigenvalue weighted by Gasteiger charge is -2.36. The number of hydrogen-bond donors (Lipinski definition) is 0. The van der Waals surface area contributed by atoms with E-state index in [1.165, 1.54) is 5.56 Å². The maximum Gasteiger partial charge on any atom is 0.244 e. The van der Waals surface area contributed by atoms with Crippen molar-refractivity contribution in [2.45, 2.75) is 39.2 Å². The van der Waals surface area contributed by atoms with Gasteiger partial charge in [-0.25, -0.2) is 0 Å². The summed E-state index contributed by atoms with van der Waals surface area (Å²) in [6.45, 7) is 5.45. The highest BCUT2D eigenvalue weighted by Crippen LogP contribution is 2.26. The Hall–Kier alpha value is -2.21. The van der Waals surface area contributed by atoms with E-state index in [1.54, 1.807) is 0 Å². The van der Waals surface area contributed by atoms with Gasteiger partial charge in [0.2, 0.25) is 11.8 Å². The molecule has 0 unspecified atom stereocenters. The van der Waals surface area contributed by atoms with Gasteiger partial charge in [0.15, 0.2) is 5.82 Å². The van der Waals surface area contributed by atoms with Gasteiger partial charge in [-0.1, -0.05) is 35.0 Å². The summed E-state index contributed by atoms with van der Waals surface area (Å²) in [5.41, 5.74) is 2.26. The summed E-state index contributed by atoms with van der Waals surface area (Å²) < 4.78 is 5.05. The molecule has 1 aromatic heterocycles. The van der Waals surface area contributed by atoms with Crippen LogP contribution in [-0.2, 0) is 11.2 Å². The number of rotatable bonds is 5. The molecule has 0 aliphatic carbocycles. The minimum absolute atomic E-state index is 0.188. The summed E-state index contributed by atoms with van der Waals surface area (Å²) >= 11 is 0. The first-order valence-corrected chi connectivity index (χ1v) is 9.25. The van der Waals surface area contributed by atoms with Crippen LogP contribution in [0.4, 0.5) is 0 Å². The van der Waals surface area contributed by atoms with Crippen LogP contribution >= 0.6 is 0 Å². The van der Waals surface area contributed by atoms with Crippen LogP contribution in [-0.4, -0.2) is 53.0 Å². The van der Waals surface area contributed by atoms with Crippen LogP contribution in [0.25, 0.3) is 0 Å². The van der Waals surface area contributed by atoms with E-state index < -0.39 is 0 Å². The van der Waals surface area contributed by atoms with Gasteiger partial charge in [-0.2, -0.15) is 4.98 Å². The third kappa shape index (κ3) is 4.30. The van der Waals surface area contributed by atoms with Gasteiger partial charge in [-0.05, 0) is 45.3 Å². The molecule has 26 heavy (non-hydrogen) atoms. The van der Waals surface area contributed by atoms with E-state index in [2.05, 4.69) is 41.3 Å². The molecule has 2 aromatic rings. The molecule has 1 atom stereocenters. The Balaban J connectivity index is 1.61. The van der Waals surface area contributed by atoms with Crippen molar-refractivity contribution in [3.05, 3.63) is 47.1 Å². The molecule has 1 aliphatic rings. The molecule has 3 rings (SSSR count). The number of aryl methyl sites for hydroxylation is 2. The maximum absolute atomic E-state index is 13.1. The lowest BCUT2D eigenvalue weighted by molar-refractivity contribution is -0.137. The molecule has 140 valence electrons. The monoisotopic (exact) mass is 356 g/mol. The molecular weight excluding hydrogens is 328 g/mol. The Morgan fingerprint density at radius 3 is 2.42 bits per heavy atom. The first-order chi connectivity index (χ1) is 12.4. The van der Waals surface area contributed by atoms with E-state index in [0.717, 1.165) is 43.7 Å². The molecular formula is C20H28N4O2. The Bertz CT molecular complexity index is 731. The standard InChI is InChI=1S/C20H28N4O2/c1-14-5-7-17(8-6-14)19(23(3)4)20(25)24-11-9-16(10-12-24)13-18-21-15(2)26-22-18/h5-8,16,19H,9-13H2,1-4H3/t19-/m1/s1. The lowest BCUT2D eigenvalue weighted by Crippen LogP contribution is -2.44. The van der Waals surface area contributed by atoms with E-state index >= 15 is 0 Å². The molecule has 1 fully saturated rings. The quantitative estimate of drug-likeness (QED) is 0.824. The molecule has 0 bridgehead atoms. The predicted octanol–water partition coefficient (Wildman–Crippen LogP) is 2.77. The number of piperidine rings is 1. The first kappa shape index (κ1) is 18.6. The van der Waals surface area contributed by atoms with E-state index in [9.17, 15) is 4.79 Å². The van der Waals surface area contributed by atoms with Crippen molar-refractivity contribution in [3.63, 3.8) is 0 Å². The summed E-state index contributed by atoms with van der Waals surface area (Å²) in [4.78, 5) is 21.4. The Morgan fingerprint density at radius 2 is 1.88 bits per heavy atom. The van der Waals surface area contributed by atoms with Crippen LogP contribution < -0.4 is 0 Å². The molecule has 6 heteroatoms. The number of benzene rings is 1. The van der Waals surface area contributed by atoms with Crippen LogP contribution in [0.3, 0.4) is 0 Å². The normalized spacial score (nSPS) is 16.9. The van der Waals surface area contributed by atoms with Gasteiger partial charge in [-0.3, -0.25) is 9.69 Å². The van der Waals surface area contributed by atoms with E-state index in [0.29, 0.717) is 11.8 Å². The molecule has 1 aromatic carbocycles. The minimum atomic E-state index is -0.230. The highest BCUT2D eigenvalue weighted by atomic mass is 16.5. The molecule has 6 nitrogen and oxygen atoms in total. The van der Waals surface area contributed by atoms with Crippen LogP contribution in [0, 0.1) is 19.8 Å². The van der Waals surface area contributed by atoms with E-state index in [-0.39, 0.29) is 11.9 Å². The van der Waals surface area contributed by atoms with Gasteiger partial charge >= 0.3 is 0 Å². The topological polar surface area (TPSA) is 62.5 Å². The third-order valence-electron chi connectivity index (χ3n) is 5.11. The smallest absolute Gasteiger partial charge is 0.244 e. The number of carbonyl (C=O) groups is 1. The van der Waals surface area contributed by atoms with Crippen molar-refractivity contribution < 1.29 is 9.32 Å². The number of amides is 1. The second-order valence-corrected chi connectivity index (χ2v) is 7.48. The number of hydrogen-bond acceptors (Lipinski definition) is 5. The number of aromatic nitrogens is 2. The van der Waals surface area contributed by atoms with Gasteiger partial charge in [0.25, 0.3) is 0 Å². The number of likely N-dealkylation sites (N-methyl/N-ethyl adjacent to an activating group) is 1. The highest BCUT2D eigenvalue weighted by Gasteiger charge is 2.31. The van der Waals surface area contributed by atoms with Crippen molar-refractivity contribution in [3.8, 4) is 0 Å². The largest absolute Gasteiger partial charge is 0.341 e. The first-order valence-electron chi connectivity index (χ1n) is 9.25. The Labute approximate surface area is 155 Å². The molecule has 0 N–H and O–H groups in total. The third-order valence-corrected chi connectivity index (χ3v) is 5.11. The van der Waals surface area contributed by atoms with Crippen molar-refractivity contribution in [2.24, 2.45) is 5.92 Å². The summed E-state index contributed by atoms with van der Waals surface area (Å²) in [6, 6.07) is 8.02. The molecule has 0 radical (unpaired) electrons. The van der Waals surface area contributed by atoms with Crippen molar-refractivity contribution in [1.29, 1.82) is 0 Å². The van der Waals surface area contributed by atoms with Crippen LogP contribution in [0.5, 0.6) is 0 Å². The molecule has 0 saturated carbocycles. The fraction of sp³-hybridized carbons (Fsp3) is 0.550. The second-order valence-electron chi connectivity index (χ2n) is 7.48. The van der Waals surface area contributed by atoms with Gasteiger partial charge in [0, 0.05) is 26.4 Å². The molecule has 2 heterocycles. The fourth-order valence-corrected chi connectivity index (χ4v) is 3.62. The lowest BCUT2D eigenvalue weighted by atomic mass is 9.92. The van der Waals surface area contributed by atoms with Gasteiger partial charge in [0.1, 0.15) is 6.04 Å². The average Bonchev–Trinajstić information content (AvgIpc) is 3.02. The molecule has 0 spiro atoms. The molecule has 1 amide bonds. The van der Waals surface area contributed by atoms with E-state index in [1.807, 2.05) is 30.8 Å². The summed E-state index contributed by atoms with van der Waals surface area (Å²) in [6.07, 6.45) is 2.79. The maximum atomic E-state index is 13.1. The minimum Gasteiger partial charge on any atom is -0.341 e.